The van der Waals surface area contributed by atoms with Gasteiger partial charge in [0.05, 0.1) is 0 Å². The van der Waals surface area contributed by atoms with E-state index in [1.54, 1.807) is 26.8 Å². The van der Waals surface area contributed by atoms with Gasteiger partial charge in [-0.3, -0.25) is 4.79 Å². The van der Waals surface area contributed by atoms with Gasteiger partial charge in [-0.2, -0.15) is 0 Å². The molecule has 0 atom stereocenters. The van der Waals surface area contributed by atoms with Crippen LogP contribution in [-0.4, -0.2) is 25.0 Å². The molecule has 5 nitrogen and oxygen atoms in total. The SMILES string of the molecule is CC(C)(C)OC(=O)Oc1c(C2CCOCC2)cccc(F)c1=O. The lowest BCUT2D eigenvalue weighted by Gasteiger charge is -2.23. The summed E-state index contributed by atoms with van der Waals surface area (Å²) >= 11 is 0. The average molecular weight is 324 g/mol. The maximum absolute atomic E-state index is 13.8. The second-order valence-corrected chi connectivity index (χ2v) is 6.44. The Balaban J connectivity index is 2.39. The van der Waals surface area contributed by atoms with Gasteiger partial charge in [0.2, 0.25) is 0 Å². The summed E-state index contributed by atoms with van der Waals surface area (Å²) in [6, 6.07) is 4.12. The molecule has 1 saturated heterocycles. The number of hydrogen-bond acceptors (Lipinski definition) is 5. The van der Waals surface area contributed by atoms with Crippen LogP contribution in [-0.2, 0) is 9.47 Å². The normalized spacial score (nSPS) is 16.0. The summed E-state index contributed by atoms with van der Waals surface area (Å²) < 4.78 is 29.2. The van der Waals surface area contributed by atoms with Gasteiger partial charge in [0, 0.05) is 18.8 Å². The Morgan fingerprint density at radius 3 is 2.52 bits per heavy atom. The molecule has 2 rings (SSSR count). The molecule has 1 aliphatic rings. The lowest BCUT2D eigenvalue weighted by atomic mass is 9.92. The second kappa shape index (κ2) is 7.08. The Labute approximate surface area is 134 Å². The third-order valence-electron chi connectivity index (χ3n) is 3.44. The number of ether oxygens (including phenoxy) is 3. The first kappa shape index (κ1) is 17.4. The Morgan fingerprint density at radius 2 is 1.91 bits per heavy atom. The molecular weight excluding hydrogens is 303 g/mol. The van der Waals surface area contributed by atoms with Gasteiger partial charge in [0.25, 0.3) is 5.43 Å². The van der Waals surface area contributed by atoms with Gasteiger partial charge in [-0.25, -0.2) is 9.18 Å². The summed E-state index contributed by atoms with van der Waals surface area (Å²) in [5.74, 6) is -1.30. The van der Waals surface area contributed by atoms with Crippen LogP contribution in [0.5, 0.6) is 5.75 Å². The van der Waals surface area contributed by atoms with E-state index in [0.29, 0.717) is 31.6 Å². The van der Waals surface area contributed by atoms with Crippen LogP contribution >= 0.6 is 0 Å². The van der Waals surface area contributed by atoms with E-state index >= 15 is 0 Å². The molecule has 1 aromatic carbocycles. The highest BCUT2D eigenvalue weighted by Gasteiger charge is 2.25. The Hall–Kier alpha value is -1.95. The molecule has 0 aromatic heterocycles. The van der Waals surface area contributed by atoms with Crippen molar-refractivity contribution >= 4 is 6.16 Å². The lowest BCUT2D eigenvalue weighted by molar-refractivity contribution is 0.0199. The number of rotatable bonds is 2. The monoisotopic (exact) mass is 324 g/mol. The Kier molecular flexibility index (Phi) is 5.36. The zero-order chi connectivity index (χ0) is 17.0. The largest absolute Gasteiger partial charge is 0.514 e. The Bertz CT molecular complexity index is 630. The van der Waals surface area contributed by atoms with E-state index in [-0.39, 0.29) is 11.7 Å². The van der Waals surface area contributed by atoms with Crippen molar-refractivity contribution in [1.82, 2.24) is 0 Å². The van der Waals surface area contributed by atoms with E-state index in [9.17, 15) is 14.0 Å². The van der Waals surface area contributed by atoms with Crippen LogP contribution in [0.3, 0.4) is 0 Å². The van der Waals surface area contributed by atoms with Gasteiger partial charge < -0.3 is 14.2 Å². The minimum atomic E-state index is -1.02. The first-order chi connectivity index (χ1) is 10.8. The first-order valence-corrected chi connectivity index (χ1v) is 7.59. The number of carbonyl (C=O) groups is 1. The van der Waals surface area contributed by atoms with E-state index < -0.39 is 23.0 Å². The van der Waals surface area contributed by atoms with E-state index in [1.807, 2.05) is 0 Å². The minimum absolute atomic E-state index is 0.0271. The standard InChI is InChI=1S/C17H21FO5/c1-17(2,3)23-16(20)22-15-12(11-7-9-21-10-8-11)5-4-6-13(18)14(15)19/h4-6,11H,7-10H2,1-3H3. The third kappa shape index (κ3) is 4.76. The Morgan fingerprint density at radius 1 is 1.26 bits per heavy atom. The summed E-state index contributed by atoms with van der Waals surface area (Å²) in [5.41, 5.74) is -1.20. The fourth-order valence-corrected chi connectivity index (χ4v) is 2.42. The number of hydrogen-bond donors (Lipinski definition) is 0. The highest BCUT2D eigenvalue weighted by atomic mass is 19.1. The van der Waals surface area contributed by atoms with Crippen LogP contribution in [0, 0.1) is 5.82 Å². The van der Waals surface area contributed by atoms with Crippen LogP contribution in [0.2, 0.25) is 0 Å². The maximum Gasteiger partial charge on any atom is 0.514 e. The fourth-order valence-electron chi connectivity index (χ4n) is 2.42. The van der Waals surface area contributed by atoms with Gasteiger partial charge in [-0.05, 0) is 45.6 Å². The van der Waals surface area contributed by atoms with Crippen molar-refractivity contribution in [2.75, 3.05) is 13.2 Å². The highest BCUT2D eigenvalue weighted by molar-refractivity contribution is 5.65. The molecule has 6 heteroatoms. The van der Waals surface area contributed by atoms with E-state index in [1.165, 1.54) is 6.07 Å². The van der Waals surface area contributed by atoms with Crippen molar-refractivity contribution in [3.63, 3.8) is 0 Å². The molecule has 0 bridgehead atoms. The molecule has 0 amide bonds. The van der Waals surface area contributed by atoms with Crippen LogP contribution in [0.1, 0.15) is 45.1 Å². The van der Waals surface area contributed by atoms with Crippen LogP contribution in [0.25, 0.3) is 0 Å². The third-order valence-corrected chi connectivity index (χ3v) is 3.44. The minimum Gasteiger partial charge on any atom is -0.428 e. The second-order valence-electron chi connectivity index (χ2n) is 6.44. The first-order valence-electron chi connectivity index (χ1n) is 7.59. The van der Waals surface area contributed by atoms with Gasteiger partial charge in [-0.1, -0.05) is 12.1 Å². The summed E-state index contributed by atoms with van der Waals surface area (Å²) in [6.07, 6.45) is 0.333. The zero-order valence-corrected chi connectivity index (χ0v) is 13.6. The van der Waals surface area contributed by atoms with Gasteiger partial charge in [0.1, 0.15) is 5.60 Å². The number of carbonyl (C=O) groups excluding carboxylic acids is 1. The van der Waals surface area contributed by atoms with Crippen molar-refractivity contribution in [2.24, 2.45) is 0 Å². The molecule has 0 saturated carbocycles. The van der Waals surface area contributed by atoms with Crippen molar-refractivity contribution in [1.29, 1.82) is 0 Å². The summed E-state index contributed by atoms with van der Waals surface area (Å²) in [4.78, 5) is 24.1. The molecule has 126 valence electrons. The predicted octanol–water partition coefficient (Wildman–Crippen LogP) is 3.39. The zero-order valence-electron chi connectivity index (χ0n) is 13.6. The maximum atomic E-state index is 13.8. The summed E-state index contributed by atoms with van der Waals surface area (Å²) in [5, 5.41) is 0. The molecule has 1 heterocycles. The molecule has 0 spiro atoms. The average Bonchev–Trinajstić information content (AvgIpc) is 2.60. The smallest absolute Gasteiger partial charge is 0.428 e. The molecule has 0 aliphatic carbocycles. The molecule has 0 radical (unpaired) electrons. The van der Waals surface area contributed by atoms with Gasteiger partial charge in [0.15, 0.2) is 11.6 Å². The molecule has 1 aliphatic heterocycles. The van der Waals surface area contributed by atoms with Gasteiger partial charge in [-0.15, -0.1) is 0 Å². The molecule has 0 N–H and O–H groups in total. The van der Waals surface area contributed by atoms with Crippen LogP contribution < -0.4 is 10.2 Å². The molecule has 1 fully saturated rings. The summed E-state index contributed by atoms with van der Waals surface area (Å²) in [7, 11) is 0. The van der Waals surface area contributed by atoms with E-state index in [2.05, 4.69) is 0 Å². The van der Waals surface area contributed by atoms with Crippen molar-refractivity contribution < 1.29 is 23.4 Å². The fraction of sp³-hybridized carbons (Fsp3) is 0.529. The quantitative estimate of drug-likeness (QED) is 0.780. The topological polar surface area (TPSA) is 61.8 Å². The molecule has 1 aromatic rings. The number of halogens is 1. The van der Waals surface area contributed by atoms with E-state index in [4.69, 9.17) is 14.2 Å². The molecule has 0 unspecified atom stereocenters. The molecular formula is C17H21FO5. The highest BCUT2D eigenvalue weighted by Crippen LogP contribution is 2.31. The lowest BCUT2D eigenvalue weighted by Crippen LogP contribution is -2.28. The molecule has 23 heavy (non-hydrogen) atoms. The van der Waals surface area contributed by atoms with Crippen molar-refractivity contribution in [3.05, 3.63) is 39.8 Å². The predicted molar refractivity (Wildman–Crippen MR) is 82.3 cm³/mol. The van der Waals surface area contributed by atoms with Gasteiger partial charge >= 0.3 is 6.16 Å². The van der Waals surface area contributed by atoms with Crippen LogP contribution in [0.15, 0.2) is 23.0 Å². The van der Waals surface area contributed by atoms with E-state index in [0.717, 1.165) is 6.07 Å². The van der Waals surface area contributed by atoms with Crippen molar-refractivity contribution in [3.8, 4) is 5.75 Å². The van der Waals surface area contributed by atoms with Crippen molar-refractivity contribution in [2.45, 2.75) is 45.1 Å². The summed E-state index contributed by atoms with van der Waals surface area (Å²) in [6.45, 7) is 6.13. The van der Waals surface area contributed by atoms with Crippen LogP contribution in [0.4, 0.5) is 9.18 Å².